The largest absolute Gasteiger partial charge is 0.481 e. The number of hydrogen-bond donors (Lipinski definition) is 2. The molecule has 0 unspecified atom stereocenters. The van der Waals surface area contributed by atoms with Crippen molar-refractivity contribution in [2.45, 2.75) is 40.5 Å². The fourth-order valence-electron chi connectivity index (χ4n) is 2.32. The van der Waals surface area contributed by atoms with Gasteiger partial charge >= 0.3 is 5.97 Å². The van der Waals surface area contributed by atoms with Crippen LogP contribution in [0.2, 0.25) is 0 Å². The van der Waals surface area contributed by atoms with E-state index in [1.54, 1.807) is 18.7 Å². The Morgan fingerprint density at radius 2 is 1.85 bits per heavy atom. The van der Waals surface area contributed by atoms with Crippen molar-refractivity contribution < 1.29 is 14.7 Å². The molecule has 0 aromatic carbocycles. The molecule has 0 saturated carbocycles. The lowest BCUT2D eigenvalue weighted by Crippen LogP contribution is -2.42. The van der Waals surface area contributed by atoms with Gasteiger partial charge in [-0.25, -0.2) is 0 Å². The van der Waals surface area contributed by atoms with Gasteiger partial charge in [0.2, 0.25) is 0 Å². The number of aliphatic carboxylic acids is 1. The third-order valence-electron chi connectivity index (χ3n) is 4.13. The first-order valence-corrected chi connectivity index (χ1v) is 6.80. The Bertz CT molecular complexity index is 516. The second kappa shape index (κ2) is 6.07. The number of carbonyl (C=O) groups is 2. The van der Waals surface area contributed by atoms with Crippen LogP contribution in [0.5, 0.6) is 0 Å². The van der Waals surface area contributed by atoms with Crippen molar-refractivity contribution in [1.82, 2.24) is 15.1 Å². The number of rotatable bonds is 6. The van der Waals surface area contributed by atoms with Gasteiger partial charge in [-0.05, 0) is 26.7 Å². The number of nitrogens with zero attached hydrogens (tertiary/aromatic N) is 2. The van der Waals surface area contributed by atoms with E-state index in [9.17, 15) is 14.7 Å². The van der Waals surface area contributed by atoms with Gasteiger partial charge in [-0.15, -0.1) is 0 Å². The molecule has 0 aliphatic rings. The number of aryl methyl sites for hydroxylation is 2. The summed E-state index contributed by atoms with van der Waals surface area (Å²) in [6.45, 7) is 7.36. The molecule has 0 spiro atoms. The van der Waals surface area contributed by atoms with E-state index in [0.29, 0.717) is 24.1 Å². The minimum absolute atomic E-state index is 0.127. The third kappa shape index (κ3) is 2.84. The van der Waals surface area contributed by atoms with Crippen molar-refractivity contribution in [1.29, 1.82) is 0 Å². The highest BCUT2D eigenvalue weighted by atomic mass is 16.4. The van der Waals surface area contributed by atoms with E-state index in [4.69, 9.17) is 0 Å². The zero-order valence-electron chi connectivity index (χ0n) is 12.8. The van der Waals surface area contributed by atoms with Gasteiger partial charge in [0.25, 0.3) is 5.91 Å². The number of hydrogen-bond acceptors (Lipinski definition) is 3. The molecule has 0 radical (unpaired) electrons. The molecule has 112 valence electrons. The predicted octanol–water partition coefficient (Wildman–Crippen LogP) is 1.66. The molecule has 20 heavy (non-hydrogen) atoms. The van der Waals surface area contributed by atoms with E-state index in [0.717, 1.165) is 5.69 Å². The lowest BCUT2D eigenvalue weighted by Gasteiger charge is -2.26. The highest BCUT2D eigenvalue weighted by molar-refractivity contribution is 5.96. The average Bonchev–Trinajstić information content (AvgIpc) is 2.64. The second-order valence-corrected chi connectivity index (χ2v) is 5.14. The Labute approximate surface area is 119 Å². The predicted molar refractivity (Wildman–Crippen MR) is 75.7 cm³/mol. The Morgan fingerprint density at radius 3 is 2.20 bits per heavy atom. The Hall–Kier alpha value is -1.85. The summed E-state index contributed by atoms with van der Waals surface area (Å²) in [5.41, 5.74) is 1.05. The molecule has 1 aromatic rings. The fraction of sp³-hybridized carbons (Fsp3) is 0.643. The lowest BCUT2D eigenvalue weighted by atomic mass is 9.82. The molecule has 1 amide bonds. The molecule has 6 heteroatoms. The molecule has 0 atom stereocenters. The van der Waals surface area contributed by atoms with Crippen molar-refractivity contribution >= 4 is 11.9 Å². The van der Waals surface area contributed by atoms with Crippen molar-refractivity contribution in [2.24, 2.45) is 12.5 Å². The normalized spacial score (nSPS) is 11.4. The summed E-state index contributed by atoms with van der Waals surface area (Å²) in [6, 6.07) is 0. The minimum atomic E-state index is -0.903. The molecule has 0 aliphatic heterocycles. The van der Waals surface area contributed by atoms with Gasteiger partial charge in [0.15, 0.2) is 0 Å². The molecule has 1 rings (SSSR count). The van der Waals surface area contributed by atoms with Crippen molar-refractivity contribution in [3.05, 3.63) is 17.0 Å². The van der Waals surface area contributed by atoms with Crippen LogP contribution in [0.15, 0.2) is 0 Å². The first kappa shape index (κ1) is 16.2. The van der Waals surface area contributed by atoms with Crippen LogP contribution < -0.4 is 5.32 Å². The fourth-order valence-corrected chi connectivity index (χ4v) is 2.32. The molecular formula is C14H23N3O3. The van der Waals surface area contributed by atoms with Gasteiger partial charge in [0.1, 0.15) is 0 Å². The highest BCUT2D eigenvalue weighted by Crippen LogP contribution is 2.26. The number of carbonyl (C=O) groups excluding carboxylic acids is 1. The molecule has 1 aromatic heterocycles. The summed E-state index contributed by atoms with van der Waals surface area (Å²) < 4.78 is 1.65. The van der Waals surface area contributed by atoms with Crippen LogP contribution in [-0.2, 0) is 11.8 Å². The van der Waals surface area contributed by atoms with Crippen LogP contribution in [0.1, 0.15) is 48.4 Å². The van der Waals surface area contributed by atoms with E-state index >= 15 is 0 Å². The van der Waals surface area contributed by atoms with Gasteiger partial charge < -0.3 is 10.4 Å². The van der Waals surface area contributed by atoms with Gasteiger partial charge in [0.05, 0.1) is 16.7 Å². The first-order chi connectivity index (χ1) is 9.29. The third-order valence-corrected chi connectivity index (χ3v) is 4.13. The number of amides is 1. The number of carboxylic acids is 1. The van der Waals surface area contributed by atoms with Crippen LogP contribution in [-0.4, -0.2) is 33.3 Å². The summed E-state index contributed by atoms with van der Waals surface area (Å²) in [6.07, 6.45) is 0.953. The summed E-state index contributed by atoms with van der Waals surface area (Å²) in [5.74, 6) is -1.14. The van der Waals surface area contributed by atoms with E-state index in [1.807, 2.05) is 20.8 Å². The van der Waals surface area contributed by atoms with Crippen LogP contribution in [0.25, 0.3) is 0 Å². The Morgan fingerprint density at radius 1 is 1.30 bits per heavy atom. The van der Waals surface area contributed by atoms with Crippen LogP contribution in [0.3, 0.4) is 0 Å². The number of aromatic nitrogens is 2. The Balaban J connectivity index is 2.89. The number of carboxylic acid groups (broad SMARTS) is 1. The molecule has 0 saturated heterocycles. The standard InChI is InChI=1S/C14H23N3O3/c1-6-14(7-2,13(19)20)8-15-12(18)11-9(3)16-17(5)10(11)4/h6-8H2,1-5H3,(H,15,18)(H,19,20). The van der Waals surface area contributed by atoms with Crippen LogP contribution in [0, 0.1) is 19.3 Å². The molecular weight excluding hydrogens is 258 g/mol. The van der Waals surface area contributed by atoms with Crippen molar-refractivity contribution in [2.75, 3.05) is 6.54 Å². The van der Waals surface area contributed by atoms with E-state index < -0.39 is 11.4 Å². The van der Waals surface area contributed by atoms with E-state index in [-0.39, 0.29) is 12.5 Å². The Kier molecular flexibility index (Phi) is 4.92. The zero-order chi connectivity index (χ0) is 15.5. The van der Waals surface area contributed by atoms with Gasteiger partial charge in [-0.3, -0.25) is 14.3 Å². The SMILES string of the molecule is CCC(CC)(CNC(=O)c1c(C)nn(C)c1C)C(=O)O. The molecule has 0 aliphatic carbocycles. The summed E-state index contributed by atoms with van der Waals surface area (Å²) in [4.78, 5) is 23.6. The van der Waals surface area contributed by atoms with E-state index in [1.165, 1.54) is 0 Å². The van der Waals surface area contributed by atoms with Crippen molar-refractivity contribution in [3.8, 4) is 0 Å². The summed E-state index contributed by atoms with van der Waals surface area (Å²) in [7, 11) is 1.78. The molecule has 0 fully saturated rings. The van der Waals surface area contributed by atoms with Crippen molar-refractivity contribution in [3.63, 3.8) is 0 Å². The molecule has 1 heterocycles. The van der Waals surface area contributed by atoms with Gasteiger partial charge in [-0.1, -0.05) is 13.8 Å². The second-order valence-electron chi connectivity index (χ2n) is 5.14. The molecule has 6 nitrogen and oxygen atoms in total. The molecule has 2 N–H and O–H groups in total. The maximum Gasteiger partial charge on any atom is 0.311 e. The first-order valence-electron chi connectivity index (χ1n) is 6.80. The van der Waals surface area contributed by atoms with Gasteiger partial charge in [-0.2, -0.15) is 5.10 Å². The smallest absolute Gasteiger partial charge is 0.311 e. The summed E-state index contributed by atoms with van der Waals surface area (Å²) >= 11 is 0. The van der Waals surface area contributed by atoms with E-state index in [2.05, 4.69) is 10.4 Å². The zero-order valence-corrected chi connectivity index (χ0v) is 12.8. The molecule has 0 bridgehead atoms. The van der Waals surface area contributed by atoms with Gasteiger partial charge in [0, 0.05) is 19.3 Å². The highest BCUT2D eigenvalue weighted by Gasteiger charge is 2.35. The monoisotopic (exact) mass is 281 g/mol. The quantitative estimate of drug-likeness (QED) is 0.830. The average molecular weight is 281 g/mol. The number of nitrogens with one attached hydrogen (secondary N) is 1. The maximum absolute atomic E-state index is 12.2. The van der Waals surface area contributed by atoms with Crippen LogP contribution >= 0.6 is 0 Å². The summed E-state index contributed by atoms with van der Waals surface area (Å²) in [5, 5.41) is 16.3. The maximum atomic E-state index is 12.2. The van der Waals surface area contributed by atoms with Crippen LogP contribution in [0.4, 0.5) is 0 Å². The lowest BCUT2D eigenvalue weighted by molar-refractivity contribution is -0.149. The topological polar surface area (TPSA) is 84.2 Å². The minimum Gasteiger partial charge on any atom is -0.481 e.